The molecule has 3 amide bonds. The van der Waals surface area contributed by atoms with Crippen molar-refractivity contribution < 1.29 is 9.59 Å². The van der Waals surface area contributed by atoms with Gasteiger partial charge in [-0.25, -0.2) is 9.78 Å². The molecule has 0 spiro atoms. The van der Waals surface area contributed by atoms with Gasteiger partial charge in [0, 0.05) is 13.2 Å². The van der Waals surface area contributed by atoms with E-state index in [4.69, 9.17) is 0 Å². The maximum Gasteiger partial charge on any atom is 0.321 e. The number of imide groups is 1. The van der Waals surface area contributed by atoms with Crippen molar-refractivity contribution in [3.05, 3.63) is 18.2 Å². The minimum Gasteiger partial charge on any atom is -0.389 e. The summed E-state index contributed by atoms with van der Waals surface area (Å²) in [6, 6.07) is -0.546. The summed E-state index contributed by atoms with van der Waals surface area (Å²) >= 11 is 0. The van der Waals surface area contributed by atoms with E-state index in [0.29, 0.717) is 0 Å². The second kappa shape index (κ2) is 3.75. The quantitative estimate of drug-likeness (QED) is 0.508. The van der Waals surface area contributed by atoms with E-state index in [1.54, 1.807) is 12.5 Å². The van der Waals surface area contributed by atoms with E-state index in [2.05, 4.69) is 15.6 Å². The van der Waals surface area contributed by atoms with Crippen LogP contribution in [0.1, 0.15) is 10.5 Å². The van der Waals surface area contributed by atoms with Gasteiger partial charge in [-0.05, 0) is 0 Å². The van der Waals surface area contributed by atoms with Gasteiger partial charge in [-0.3, -0.25) is 10.1 Å². The predicted molar refractivity (Wildman–Crippen MR) is 48.1 cm³/mol. The van der Waals surface area contributed by atoms with E-state index >= 15 is 0 Å². The first kappa shape index (κ1) is 9.30. The van der Waals surface area contributed by atoms with Gasteiger partial charge in [0.2, 0.25) is 7.98 Å². The molecule has 2 N–H and O–H groups in total. The fourth-order valence-electron chi connectivity index (χ4n) is 0.760. The summed E-state index contributed by atoms with van der Waals surface area (Å²) in [7, 11) is 3.17. The van der Waals surface area contributed by atoms with E-state index in [9.17, 15) is 9.59 Å². The highest BCUT2D eigenvalue weighted by Gasteiger charge is 2.10. The van der Waals surface area contributed by atoms with Crippen LogP contribution in [0.3, 0.4) is 0 Å². The third-order valence-corrected chi connectivity index (χ3v) is 1.39. The minimum atomic E-state index is -0.546. The monoisotopic (exact) mass is 180 g/mol. The summed E-state index contributed by atoms with van der Waals surface area (Å²) in [5.74, 6) is -0.514. The molecule has 1 rings (SSSR count). The Labute approximate surface area is 75.8 Å². The van der Waals surface area contributed by atoms with Gasteiger partial charge in [-0.2, -0.15) is 0 Å². The van der Waals surface area contributed by atoms with Crippen LogP contribution < -0.4 is 10.6 Å². The van der Waals surface area contributed by atoms with Gasteiger partial charge < -0.3 is 9.79 Å². The third-order valence-electron chi connectivity index (χ3n) is 1.39. The Bertz CT molecular complexity index is 335. The average molecular weight is 180 g/mol. The highest BCUT2D eigenvalue weighted by Crippen LogP contribution is 1.92. The van der Waals surface area contributed by atoms with Crippen molar-refractivity contribution in [1.29, 1.82) is 0 Å². The summed E-state index contributed by atoms with van der Waals surface area (Å²) in [6.07, 6.45) is 3.01. The number of hydrogen-bond donors (Lipinski definition) is 2. The zero-order valence-corrected chi connectivity index (χ0v) is 7.37. The summed E-state index contributed by atoms with van der Waals surface area (Å²) < 4.78 is 1.62. The van der Waals surface area contributed by atoms with E-state index < -0.39 is 11.9 Å². The summed E-state index contributed by atoms with van der Waals surface area (Å²) in [6.45, 7) is 0. The summed E-state index contributed by atoms with van der Waals surface area (Å²) in [5, 5.41) is 4.36. The number of urea groups is 1. The smallest absolute Gasteiger partial charge is 0.321 e. The molecule has 0 aliphatic carbocycles. The van der Waals surface area contributed by atoms with Crippen LogP contribution >= 0.6 is 0 Å². The number of rotatable bonds is 1. The molecule has 68 valence electrons. The Morgan fingerprint density at radius 1 is 1.62 bits per heavy atom. The predicted octanol–water partition coefficient (Wildman–Crippen LogP) is -1.65. The van der Waals surface area contributed by atoms with Gasteiger partial charge in [0.15, 0.2) is 0 Å². The molecule has 0 atom stereocenters. The van der Waals surface area contributed by atoms with E-state index in [-0.39, 0.29) is 5.69 Å². The number of carbonyl (C=O) groups is 2. The van der Waals surface area contributed by atoms with Crippen LogP contribution in [0, 0.1) is 0 Å². The topological polar surface area (TPSA) is 76.0 Å². The zero-order valence-electron chi connectivity index (χ0n) is 7.37. The molecule has 0 saturated carbocycles. The third kappa shape index (κ3) is 2.33. The largest absolute Gasteiger partial charge is 0.389 e. The second-order valence-corrected chi connectivity index (χ2v) is 2.46. The molecule has 1 aromatic heterocycles. The van der Waals surface area contributed by atoms with Gasteiger partial charge in [-0.1, -0.05) is 0 Å². The molecule has 0 bridgehead atoms. The molecule has 6 nitrogen and oxygen atoms in total. The molecule has 0 saturated heterocycles. The fourth-order valence-corrected chi connectivity index (χ4v) is 0.760. The standard InChI is InChI=1S/C6H9BN4O2/c1-8-6(13)10-5(12)4-2-11(7)3-9-4/h2-3H,7H2,1H3,(H2,8,10,12,13). The molecule has 0 aliphatic rings. The highest BCUT2D eigenvalue weighted by atomic mass is 16.2. The first-order chi connectivity index (χ1) is 6.13. The van der Waals surface area contributed by atoms with Crippen molar-refractivity contribution in [1.82, 2.24) is 20.1 Å². The first-order valence-corrected chi connectivity index (χ1v) is 3.64. The molecule has 1 heterocycles. The maximum absolute atomic E-state index is 11.2. The van der Waals surface area contributed by atoms with Crippen LogP contribution in [-0.4, -0.2) is 36.4 Å². The molecule has 0 aromatic carbocycles. The number of amides is 3. The van der Waals surface area contributed by atoms with Crippen molar-refractivity contribution in [3.63, 3.8) is 0 Å². The minimum absolute atomic E-state index is 0.214. The maximum atomic E-state index is 11.2. The van der Waals surface area contributed by atoms with Crippen LogP contribution in [0.15, 0.2) is 12.5 Å². The van der Waals surface area contributed by atoms with Crippen LogP contribution in [-0.2, 0) is 0 Å². The van der Waals surface area contributed by atoms with Crippen molar-refractivity contribution in [2.24, 2.45) is 0 Å². The van der Waals surface area contributed by atoms with E-state index in [0.717, 1.165) is 0 Å². The Balaban J connectivity index is 2.64. The number of carbonyl (C=O) groups excluding carboxylic acids is 2. The molecule has 0 aliphatic heterocycles. The van der Waals surface area contributed by atoms with Crippen LogP contribution in [0.5, 0.6) is 0 Å². The number of nitrogens with one attached hydrogen (secondary N) is 2. The SMILES string of the molecule is Bn1cnc(C(=O)NC(=O)NC)c1. The summed E-state index contributed by atoms with van der Waals surface area (Å²) in [4.78, 5) is 25.7. The van der Waals surface area contributed by atoms with Crippen molar-refractivity contribution in [2.45, 2.75) is 0 Å². The Kier molecular flexibility index (Phi) is 2.68. The molecular weight excluding hydrogens is 171 g/mol. The molecule has 0 radical (unpaired) electrons. The first-order valence-electron chi connectivity index (χ1n) is 3.64. The van der Waals surface area contributed by atoms with Crippen LogP contribution in [0.4, 0.5) is 4.79 Å². The number of nitrogens with zero attached hydrogens (tertiary/aromatic N) is 2. The number of aromatic nitrogens is 2. The second-order valence-electron chi connectivity index (χ2n) is 2.46. The molecular formula is C6H9BN4O2. The van der Waals surface area contributed by atoms with E-state index in [1.807, 2.05) is 0 Å². The van der Waals surface area contributed by atoms with Crippen molar-refractivity contribution >= 4 is 19.9 Å². The lowest BCUT2D eigenvalue weighted by Crippen LogP contribution is -2.37. The lowest BCUT2D eigenvalue weighted by Gasteiger charge is -1.98. The van der Waals surface area contributed by atoms with Crippen LogP contribution in [0.2, 0.25) is 0 Å². The Morgan fingerprint density at radius 3 is 2.77 bits per heavy atom. The van der Waals surface area contributed by atoms with Crippen molar-refractivity contribution in [3.8, 4) is 0 Å². The highest BCUT2D eigenvalue weighted by molar-refractivity contribution is 6.08. The fraction of sp³-hybridized carbons (Fsp3) is 0.167. The van der Waals surface area contributed by atoms with Gasteiger partial charge in [0.25, 0.3) is 5.91 Å². The zero-order chi connectivity index (χ0) is 9.84. The average Bonchev–Trinajstić information content (AvgIpc) is 2.51. The van der Waals surface area contributed by atoms with Gasteiger partial charge in [0.1, 0.15) is 5.69 Å². The number of imidazole rings is 1. The normalized spacial score (nSPS) is 9.31. The van der Waals surface area contributed by atoms with Crippen molar-refractivity contribution in [2.75, 3.05) is 7.05 Å². The van der Waals surface area contributed by atoms with Gasteiger partial charge >= 0.3 is 6.03 Å². The molecule has 0 unspecified atom stereocenters. The molecule has 7 heteroatoms. The summed E-state index contributed by atoms with van der Waals surface area (Å²) in [5.41, 5.74) is 0.214. The number of hydrogen-bond acceptors (Lipinski definition) is 3. The molecule has 13 heavy (non-hydrogen) atoms. The Hall–Kier alpha value is -1.79. The molecule has 1 aromatic rings. The lowest BCUT2D eigenvalue weighted by molar-refractivity contribution is 0.0960. The lowest BCUT2D eigenvalue weighted by atomic mass is 10.4. The van der Waals surface area contributed by atoms with Gasteiger partial charge in [-0.15, -0.1) is 0 Å². The van der Waals surface area contributed by atoms with E-state index in [1.165, 1.54) is 19.6 Å². The van der Waals surface area contributed by atoms with Crippen LogP contribution in [0.25, 0.3) is 0 Å². The van der Waals surface area contributed by atoms with Gasteiger partial charge in [0.05, 0.1) is 6.33 Å². The molecule has 0 fully saturated rings. The Morgan fingerprint density at radius 2 is 2.31 bits per heavy atom.